The zero-order valence-corrected chi connectivity index (χ0v) is 6.72. The van der Waals surface area contributed by atoms with Gasteiger partial charge in [-0.1, -0.05) is 12.1 Å². The SMILES string of the molecule is Cc1cccc(F)c1C(O)CF. The van der Waals surface area contributed by atoms with Crippen LogP contribution < -0.4 is 0 Å². The summed E-state index contributed by atoms with van der Waals surface area (Å²) in [7, 11) is 0. The molecule has 0 heterocycles. The highest BCUT2D eigenvalue weighted by Gasteiger charge is 2.14. The van der Waals surface area contributed by atoms with Crippen LogP contribution >= 0.6 is 0 Å². The smallest absolute Gasteiger partial charge is 0.129 e. The molecule has 1 aromatic rings. The second-order valence-corrected chi connectivity index (χ2v) is 2.64. The summed E-state index contributed by atoms with van der Waals surface area (Å²) in [6, 6.07) is 4.37. The summed E-state index contributed by atoms with van der Waals surface area (Å²) in [4.78, 5) is 0. The molecule has 66 valence electrons. The summed E-state index contributed by atoms with van der Waals surface area (Å²) >= 11 is 0. The Balaban J connectivity index is 3.12. The van der Waals surface area contributed by atoms with Crippen LogP contribution in [0, 0.1) is 12.7 Å². The van der Waals surface area contributed by atoms with Crippen LogP contribution in [0.3, 0.4) is 0 Å². The fourth-order valence-electron chi connectivity index (χ4n) is 1.14. The predicted molar refractivity (Wildman–Crippen MR) is 42.1 cm³/mol. The molecule has 1 aromatic carbocycles. The van der Waals surface area contributed by atoms with E-state index in [0.29, 0.717) is 5.56 Å². The van der Waals surface area contributed by atoms with Gasteiger partial charge in [-0.3, -0.25) is 0 Å². The van der Waals surface area contributed by atoms with E-state index in [-0.39, 0.29) is 5.56 Å². The number of hydrogen-bond donors (Lipinski definition) is 1. The molecule has 1 unspecified atom stereocenters. The average molecular weight is 172 g/mol. The number of aliphatic hydroxyl groups excluding tert-OH is 1. The number of halogens is 2. The molecule has 1 rings (SSSR count). The highest BCUT2D eigenvalue weighted by molar-refractivity contribution is 5.29. The molecule has 0 aliphatic rings. The van der Waals surface area contributed by atoms with Gasteiger partial charge in [0.05, 0.1) is 0 Å². The number of aliphatic hydroxyl groups is 1. The lowest BCUT2D eigenvalue weighted by molar-refractivity contribution is 0.137. The number of rotatable bonds is 2. The minimum atomic E-state index is -1.34. The first-order valence-corrected chi connectivity index (χ1v) is 3.66. The molecule has 0 saturated heterocycles. The lowest BCUT2D eigenvalue weighted by atomic mass is 10.0. The zero-order valence-electron chi connectivity index (χ0n) is 6.72. The molecule has 0 bridgehead atoms. The summed E-state index contributed by atoms with van der Waals surface area (Å²) in [5.74, 6) is -0.555. The highest BCUT2D eigenvalue weighted by atomic mass is 19.1. The van der Waals surface area contributed by atoms with Crippen molar-refractivity contribution in [3.63, 3.8) is 0 Å². The van der Waals surface area contributed by atoms with E-state index in [1.807, 2.05) is 0 Å². The van der Waals surface area contributed by atoms with Crippen LogP contribution in [0.2, 0.25) is 0 Å². The molecular formula is C9H10F2O. The molecule has 12 heavy (non-hydrogen) atoms. The van der Waals surface area contributed by atoms with E-state index in [2.05, 4.69) is 0 Å². The Morgan fingerprint density at radius 3 is 2.67 bits per heavy atom. The molecule has 1 atom stereocenters. The molecule has 0 aromatic heterocycles. The van der Waals surface area contributed by atoms with E-state index in [4.69, 9.17) is 5.11 Å². The van der Waals surface area contributed by atoms with Gasteiger partial charge in [0.15, 0.2) is 0 Å². The third kappa shape index (κ3) is 1.61. The Kier molecular flexibility index (Phi) is 2.76. The summed E-state index contributed by atoms with van der Waals surface area (Å²) in [6.07, 6.45) is -1.34. The van der Waals surface area contributed by atoms with Gasteiger partial charge in [0, 0.05) is 5.56 Å². The zero-order chi connectivity index (χ0) is 9.14. The van der Waals surface area contributed by atoms with Crippen molar-refractivity contribution in [3.8, 4) is 0 Å². The van der Waals surface area contributed by atoms with Gasteiger partial charge in [0.25, 0.3) is 0 Å². The minimum absolute atomic E-state index is 0.0556. The van der Waals surface area contributed by atoms with E-state index < -0.39 is 18.6 Å². The topological polar surface area (TPSA) is 20.2 Å². The van der Waals surface area contributed by atoms with Crippen LogP contribution in [0.4, 0.5) is 8.78 Å². The quantitative estimate of drug-likeness (QED) is 0.724. The largest absolute Gasteiger partial charge is 0.386 e. The lowest BCUT2D eigenvalue weighted by Gasteiger charge is -2.10. The Labute approximate surface area is 69.7 Å². The molecule has 3 heteroatoms. The number of benzene rings is 1. The van der Waals surface area contributed by atoms with Gasteiger partial charge in [0.1, 0.15) is 18.6 Å². The van der Waals surface area contributed by atoms with Gasteiger partial charge in [-0.15, -0.1) is 0 Å². The summed E-state index contributed by atoms with van der Waals surface area (Å²) < 4.78 is 25.0. The first-order valence-electron chi connectivity index (χ1n) is 3.66. The molecule has 0 spiro atoms. The highest BCUT2D eigenvalue weighted by Crippen LogP contribution is 2.20. The minimum Gasteiger partial charge on any atom is -0.386 e. The molecule has 0 aliphatic carbocycles. The van der Waals surface area contributed by atoms with Crippen molar-refractivity contribution >= 4 is 0 Å². The van der Waals surface area contributed by atoms with E-state index in [1.165, 1.54) is 12.1 Å². The van der Waals surface area contributed by atoms with E-state index in [0.717, 1.165) is 0 Å². The van der Waals surface area contributed by atoms with Crippen molar-refractivity contribution in [2.75, 3.05) is 6.67 Å². The molecule has 0 fully saturated rings. The first-order chi connectivity index (χ1) is 5.66. The summed E-state index contributed by atoms with van der Waals surface area (Å²) in [5.41, 5.74) is 0.625. The average Bonchev–Trinajstić information content (AvgIpc) is 2.03. The number of alkyl halides is 1. The monoisotopic (exact) mass is 172 g/mol. The lowest BCUT2D eigenvalue weighted by Crippen LogP contribution is -2.04. The second-order valence-electron chi connectivity index (χ2n) is 2.64. The Morgan fingerprint density at radius 2 is 2.17 bits per heavy atom. The maximum absolute atomic E-state index is 13.0. The number of aryl methyl sites for hydroxylation is 1. The Morgan fingerprint density at radius 1 is 1.50 bits per heavy atom. The van der Waals surface area contributed by atoms with Crippen molar-refractivity contribution in [1.82, 2.24) is 0 Å². The van der Waals surface area contributed by atoms with Crippen molar-refractivity contribution in [3.05, 3.63) is 35.1 Å². The van der Waals surface area contributed by atoms with E-state index in [1.54, 1.807) is 13.0 Å². The van der Waals surface area contributed by atoms with Crippen LogP contribution in [-0.4, -0.2) is 11.8 Å². The molecular weight excluding hydrogens is 162 g/mol. The van der Waals surface area contributed by atoms with Crippen LogP contribution in [0.5, 0.6) is 0 Å². The summed E-state index contributed by atoms with van der Waals surface area (Å²) in [6.45, 7) is 0.680. The van der Waals surface area contributed by atoms with Gasteiger partial charge < -0.3 is 5.11 Å². The molecule has 0 aliphatic heterocycles. The molecule has 0 radical (unpaired) electrons. The van der Waals surface area contributed by atoms with Crippen LogP contribution in [0.1, 0.15) is 17.2 Å². The Hall–Kier alpha value is -0.960. The third-order valence-electron chi connectivity index (χ3n) is 1.75. The summed E-state index contributed by atoms with van der Waals surface area (Å²) in [5, 5.41) is 9.08. The van der Waals surface area contributed by atoms with Gasteiger partial charge in [-0.25, -0.2) is 8.78 Å². The second kappa shape index (κ2) is 3.63. The fraction of sp³-hybridized carbons (Fsp3) is 0.333. The first kappa shape index (κ1) is 9.13. The fourth-order valence-corrected chi connectivity index (χ4v) is 1.14. The number of hydrogen-bond acceptors (Lipinski definition) is 1. The van der Waals surface area contributed by atoms with Crippen LogP contribution in [0.15, 0.2) is 18.2 Å². The Bertz CT molecular complexity index is 253. The molecule has 1 nitrogen and oxygen atoms in total. The van der Waals surface area contributed by atoms with Gasteiger partial charge in [-0.05, 0) is 18.6 Å². The van der Waals surface area contributed by atoms with Gasteiger partial charge >= 0.3 is 0 Å². The van der Waals surface area contributed by atoms with Crippen LogP contribution in [0.25, 0.3) is 0 Å². The van der Waals surface area contributed by atoms with Crippen LogP contribution in [-0.2, 0) is 0 Å². The van der Waals surface area contributed by atoms with Crippen molar-refractivity contribution in [2.24, 2.45) is 0 Å². The standard InChI is InChI=1S/C9H10F2O/c1-6-3-2-4-7(11)9(6)8(12)5-10/h2-4,8,12H,5H2,1H3. The molecule has 1 N–H and O–H groups in total. The van der Waals surface area contributed by atoms with Crippen molar-refractivity contribution in [1.29, 1.82) is 0 Å². The maximum Gasteiger partial charge on any atom is 0.129 e. The van der Waals surface area contributed by atoms with Gasteiger partial charge in [-0.2, -0.15) is 0 Å². The predicted octanol–water partition coefficient (Wildman–Crippen LogP) is 2.14. The maximum atomic E-state index is 13.0. The molecule has 0 amide bonds. The van der Waals surface area contributed by atoms with Crippen molar-refractivity contribution < 1.29 is 13.9 Å². The van der Waals surface area contributed by atoms with Crippen molar-refractivity contribution in [2.45, 2.75) is 13.0 Å². The molecule has 0 saturated carbocycles. The van der Waals surface area contributed by atoms with E-state index >= 15 is 0 Å². The normalized spacial score (nSPS) is 13.0. The third-order valence-corrected chi connectivity index (χ3v) is 1.75. The van der Waals surface area contributed by atoms with Gasteiger partial charge in [0.2, 0.25) is 0 Å². The van der Waals surface area contributed by atoms with E-state index in [9.17, 15) is 8.78 Å².